The van der Waals surface area contributed by atoms with Crippen molar-refractivity contribution in [3.8, 4) is 0 Å². The van der Waals surface area contributed by atoms with E-state index in [0.29, 0.717) is 0 Å². The van der Waals surface area contributed by atoms with Crippen molar-refractivity contribution in [2.45, 2.75) is 34.6 Å². The molecule has 1 aromatic heterocycles. The van der Waals surface area contributed by atoms with Gasteiger partial charge in [0.15, 0.2) is 6.20 Å². The topological polar surface area (TPSA) is 3.88 Å². The van der Waals surface area contributed by atoms with Crippen molar-refractivity contribution in [2.75, 3.05) is 0 Å². The molecule has 0 bridgehead atoms. The van der Waals surface area contributed by atoms with Crippen LogP contribution >= 0.6 is 0 Å². The summed E-state index contributed by atoms with van der Waals surface area (Å²) in [5.41, 5.74) is 9.42. The third-order valence-corrected chi connectivity index (χ3v) is 4.34. The Kier molecular flexibility index (Phi) is 3.80. The Balaban J connectivity index is 3.05. The first-order valence-electron chi connectivity index (χ1n) is 7.08. The number of nitrogens with zero attached hydrogens (tertiary/aromatic N) is 1. The molecule has 20 heavy (non-hydrogen) atoms. The van der Waals surface area contributed by atoms with Gasteiger partial charge in [0.2, 0.25) is 5.52 Å². The molecule has 104 valence electrons. The Morgan fingerprint density at radius 1 is 1.10 bits per heavy atom. The van der Waals surface area contributed by atoms with Gasteiger partial charge in [0, 0.05) is 11.6 Å². The number of hydrogen-bond donors (Lipinski definition) is 0. The summed E-state index contributed by atoms with van der Waals surface area (Å²) in [4.78, 5) is 0. The van der Waals surface area contributed by atoms with Gasteiger partial charge in [0.25, 0.3) is 0 Å². The summed E-state index contributed by atoms with van der Waals surface area (Å²) >= 11 is 0. The van der Waals surface area contributed by atoms with Crippen LogP contribution in [0.3, 0.4) is 0 Å². The van der Waals surface area contributed by atoms with Crippen molar-refractivity contribution >= 4 is 16.5 Å². The van der Waals surface area contributed by atoms with E-state index in [1.54, 1.807) is 0 Å². The molecule has 0 N–H and O–H groups in total. The minimum absolute atomic E-state index is 1.28. The van der Waals surface area contributed by atoms with Gasteiger partial charge in [-0.3, -0.25) is 0 Å². The molecule has 0 aliphatic heterocycles. The predicted octanol–water partition coefficient (Wildman–Crippen LogP) is 4.49. The van der Waals surface area contributed by atoms with E-state index in [4.69, 9.17) is 0 Å². The van der Waals surface area contributed by atoms with Gasteiger partial charge in [-0.15, -0.1) is 0 Å². The van der Waals surface area contributed by atoms with Gasteiger partial charge in [0.1, 0.15) is 7.05 Å². The molecule has 0 aliphatic carbocycles. The highest BCUT2D eigenvalue weighted by atomic mass is 14.9. The Labute approximate surface area is 122 Å². The molecule has 1 heterocycles. The lowest BCUT2D eigenvalue weighted by Crippen LogP contribution is -2.30. The fourth-order valence-electron chi connectivity index (χ4n) is 3.30. The number of rotatable bonds is 2. The number of fused-ring (bicyclic) bond motifs is 1. The van der Waals surface area contributed by atoms with Crippen molar-refractivity contribution in [1.29, 1.82) is 0 Å². The molecule has 0 saturated heterocycles. The van der Waals surface area contributed by atoms with Gasteiger partial charge in [-0.05, 0) is 62.4 Å². The number of aromatic nitrogens is 1. The zero-order valence-corrected chi connectivity index (χ0v) is 13.5. The monoisotopic (exact) mass is 266 g/mol. The molecule has 0 atom stereocenters. The summed E-state index contributed by atoms with van der Waals surface area (Å²) in [6.45, 7) is 14.9. The van der Waals surface area contributed by atoms with E-state index in [0.717, 1.165) is 0 Å². The van der Waals surface area contributed by atoms with Crippen LogP contribution in [0, 0.1) is 27.7 Å². The van der Waals surface area contributed by atoms with Crippen molar-refractivity contribution in [2.24, 2.45) is 7.05 Å². The second-order valence-corrected chi connectivity index (χ2v) is 5.67. The second kappa shape index (κ2) is 5.24. The Hall–Kier alpha value is -1.89. The first-order chi connectivity index (χ1) is 9.40. The normalized spacial score (nSPS) is 12.0. The largest absolute Gasteiger partial charge is 0.216 e. The smallest absolute Gasteiger partial charge is 0.201 e. The lowest BCUT2D eigenvalue weighted by molar-refractivity contribution is -0.645. The van der Waals surface area contributed by atoms with Crippen LogP contribution < -0.4 is 4.57 Å². The average Bonchev–Trinajstić information content (AvgIpc) is 2.39. The number of benzene rings is 1. The molecule has 0 aliphatic rings. The van der Waals surface area contributed by atoms with Gasteiger partial charge in [-0.1, -0.05) is 18.7 Å². The van der Waals surface area contributed by atoms with Gasteiger partial charge >= 0.3 is 0 Å². The van der Waals surface area contributed by atoms with E-state index >= 15 is 0 Å². The fourth-order valence-corrected chi connectivity index (χ4v) is 3.30. The summed E-state index contributed by atoms with van der Waals surface area (Å²) in [5.74, 6) is 0. The molecular weight excluding hydrogens is 242 g/mol. The third kappa shape index (κ3) is 2.07. The van der Waals surface area contributed by atoms with Crippen molar-refractivity contribution in [3.63, 3.8) is 0 Å². The molecule has 0 spiro atoms. The van der Waals surface area contributed by atoms with Crippen molar-refractivity contribution < 1.29 is 4.57 Å². The lowest BCUT2D eigenvalue weighted by Gasteiger charge is -2.16. The van der Waals surface area contributed by atoms with Crippen molar-refractivity contribution in [3.05, 3.63) is 58.8 Å². The van der Waals surface area contributed by atoms with E-state index in [9.17, 15) is 0 Å². The van der Waals surface area contributed by atoms with Gasteiger partial charge in [-0.2, -0.15) is 0 Å². The Morgan fingerprint density at radius 3 is 2.35 bits per heavy atom. The maximum absolute atomic E-state index is 3.82. The van der Waals surface area contributed by atoms with Gasteiger partial charge in [-0.25, -0.2) is 4.57 Å². The standard InChI is InChI=1S/C19H24N/c1-8-9-12(2)17-14(4)15(5)18-13(3)10-11-20(7)19(18)16(17)6/h8-11H,1H2,2-7H3/q+1/b12-9-. The fraction of sp³-hybridized carbons (Fsp3) is 0.316. The average molecular weight is 266 g/mol. The molecule has 0 unspecified atom stereocenters. The molecule has 0 amide bonds. The molecule has 1 aromatic carbocycles. The minimum Gasteiger partial charge on any atom is -0.201 e. The summed E-state index contributed by atoms with van der Waals surface area (Å²) in [5, 5.41) is 1.39. The predicted molar refractivity (Wildman–Crippen MR) is 87.9 cm³/mol. The molecule has 2 aromatic rings. The van der Waals surface area contributed by atoms with Crippen LogP contribution in [0.4, 0.5) is 0 Å². The van der Waals surface area contributed by atoms with Crippen LogP contribution in [0.25, 0.3) is 16.5 Å². The molecule has 0 fully saturated rings. The first-order valence-corrected chi connectivity index (χ1v) is 7.08. The van der Waals surface area contributed by atoms with Gasteiger partial charge < -0.3 is 0 Å². The summed E-state index contributed by atoms with van der Waals surface area (Å²) in [6.07, 6.45) is 6.11. The van der Waals surface area contributed by atoms with Crippen LogP contribution in [0.15, 0.2) is 31.0 Å². The SMILES string of the molecule is C=C/C=C(/C)c1c(C)c(C)c2c(C)cc[n+](C)c2c1C. The first kappa shape index (κ1) is 14.5. The number of aryl methyl sites for hydroxylation is 4. The van der Waals surface area contributed by atoms with Crippen LogP contribution in [0.5, 0.6) is 0 Å². The quantitative estimate of drug-likeness (QED) is 0.557. The molecular formula is C19H24N+. The van der Waals surface area contributed by atoms with Crippen LogP contribution in [0.1, 0.15) is 34.7 Å². The Morgan fingerprint density at radius 2 is 1.75 bits per heavy atom. The number of hydrogen-bond acceptors (Lipinski definition) is 0. The van der Waals surface area contributed by atoms with Crippen LogP contribution in [-0.4, -0.2) is 0 Å². The lowest BCUT2D eigenvalue weighted by atomic mass is 9.88. The summed E-state index contributed by atoms with van der Waals surface area (Å²) in [6, 6.07) is 2.19. The minimum atomic E-state index is 1.28. The molecule has 0 radical (unpaired) electrons. The third-order valence-electron chi connectivity index (χ3n) is 4.34. The van der Waals surface area contributed by atoms with Crippen LogP contribution in [-0.2, 0) is 7.05 Å². The highest BCUT2D eigenvalue weighted by molar-refractivity contribution is 5.91. The van der Waals surface area contributed by atoms with E-state index in [-0.39, 0.29) is 0 Å². The van der Waals surface area contributed by atoms with Gasteiger partial charge in [0.05, 0.1) is 5.39 Å². The molecule has 0 saturated carbocycles. The highest BCUT2D eigenvalue weighted by Gasteiger charge is 2.20. The van der Waals surface area contributed by atoms with E-state index in [1.807, 2.05) is 6.08 Å². The summed E-state index contributed by atoms with van der Waals surface area (Å²) < 4.78 is 2.23. The maximum Gasteiger partial charge on any atom is 0.216 e. The van der Waals surface area contributed by atoms with E-state index < -0.39 is 0 Å². The van der Waals surface area contributed by atoms with E-state index in [1.165, 1.54) is 44.3 Å². The zero-order valence-electron chi connectivity index (χ0n) is 13.5. The number of allylic oxidation sites excluding steroid dienone is 3. The number of pyridine rings is 1. The van der Waals surface area contributed by atoms with E-state index in [2.05, 4.69) is 71.2 Å². The zero-order chi connectivity index (χ0) is 15.0. The summed E-state index contributed by atoms with van der Waals surface area (Å²) in [7, 11) is 2.12. The second-order valence-electron chi connectivity index (χ2n) is 5.67. The molecule has 2 rings (SSSR count). The molecule has 1 heteroatoms. The molecule has 1 nitrogen and oxygen atoms in total. The van der Waals surface area contributed by atoms with Crippen molar-refractivity contribution in [1.82, 2.24) is 0 Å². The van der Waals surface area contributed by atoms with Crippen LogP contribution in [0.2, 0.25) is 0 Å². The Bertz CT molecular complexity index is 733. The highest BCUT2D eigenvalue weighted by Crippen LogP contribution is 2.33. The maximum atomic E-state index is 3.82.